The lowest BCUT2D eigenvalue weighted by molar-refractivity contribution is -0.162. The molecule has 26 nitrogen and oxygen atoms in total. The molecule has 2 saturated carbocycles. The molecule has 6 N–H and O–H groups in total. The molecule has 145 heavy (non-hydrogen) atoms. The van der Waals surface area contributed by atoms with Crippen LogP contribution in [0.1, 0.15) is 172 Å². The summed E-state index contributed by atoms with van der Waals surface area (Å²) in [6.07, 6.45) is 13.2. The van der Waals surface area contributed by atoms with Crippen LogP contribution in [0.4, 0.5) is 30.7 Å². The summed E-state index contributed by atoms with van der Waals surface area (Å²) in [5.74, 6) is -11.7. The minimum absolute atomic E-state index is 0.0120. The number of ether oxygens (including phenoxy) is 4. The fraction of sp³-hybridized carbons (Fsp3) is 0.302. The summed E-state index contributed by atoms with van der Waals surface area (Å²) in [5.41, 5.74) is 11.8. The molecule has 0 unspecified atom stereocenters. The van der Waals surface area contributed by atoms with Crippen molar-refractivity contribution in [2.24, 2.45) is 11.8 Å². The minimum atomic E-state index is -1.63. The number of para-hydroxylation sites is 2. The summed E-state index contributed by atoms with van der Waals surface area (Å²) in [6, 6.07) is 45.6. The van der Waals surface area contributed by atoms with Gasteiger partial charge < -0.3 is 49.4 Å². The van der Waals surface area contributed by atoms with Gasteiger partial charge in [0.05, 0.1) is 90.3 Å². The number of rotatable bonds is 31. The maximum Gasteiger partial charge on any atom is 0.488 e. The van der Waals surface area contributed by atoms with Gasteiger partial charge in [-0.15, -0.1) is 0 Å². The Morgan fingerprint density at radius 1 is 0.434 bits per heavy atom. The number of aliphatic carboxylic acids is 2. The van der Waals surface area contributed by atoms with Crippen molar-refractivity contribution in [2.45, 2.75) is 170 Å². The molecular weight excluding hydrogens is 2220 g/mol. The number of carboxylic acid groups (broad SMARTS) is 2. The zero-order valence-corrected chi connectivity index (χ0v) is 88.6. The Morgan fingerprint density at radius 2 is 0.786 bits per heavy atom. The van der Waals surface area contributed by atoms with Crippen LogP contribution in [-0.2, 0) is 104 Å². The van der Waals surface area contributed by atoms with E-state index < -0.39 is 89.9 Å². The second-order valence-electron chi connectivity index (χ2n) is 32.9. The Bertz CT molecular complexity index is 6810. The second kappa shape index (κ2) is 55.7. The Hall–Kier alpha value is -12.5. The van der Waals surface area contributed by atoms with Gasteiger partial charge in [-0.05, 0) is 309 Å². The minimum Gasteiger partial charge on any atom is -0.507 e. The van der Waals surface area contributed by atoms with Crippen LogP contribution in [0.3, 0.4) is 0 Å². The molecule has 6 aromatic heterocycles. The van der Waals surface area contributed by atoms with Gasteiger partial charge in [-0.3, -0.25) is 56.9 Å². The number of pyridine rings is 4. The van der Waals surface area contributed by atoms with Gasteiger partial charge in [0.2, 0.25) is 11.9 Å². The number of aromatic nitrogens is 8. The predicted molar refractivity (Wildman–Crippen MR) is 552 cm³/mol. The van der Waals surface area contributed by atoms with Crippen LogP contribution in [-0.4, -0.2) is 138 Å². The number of carbonyl (C=O) groups is 6. The van der Waals surface area contributed by atoms with Crippen molar-refractivity contribution < 1.29 is 109 Å². The number of aromatic hydroxyl groups is 2. The normalized spacial score (nSPS) is 11.7. The van der Waals surface area contributed by atoms with Crippen LogP contribution in [0, 0.1) is 66.7 Å². The SMILES string of the molecule is CCOC(=O)C(Cc1ccc(Br)c(F)c1)C(=O)OCC.CCOC(=O)CC(=O)OCC.CCc1cccc(CC)c1-n1c(-c2ccn(C3CC3)n2)cc(O)c(Cc2ccc(-c3ccnc(F)c3C)c(F)c2)c1=O.CCc1cccc(CC)c1-n1c(-c2ccn(C3CC3)n2)cc(O)c(Cc2ccc(Br)c(F)c2)c1=O.Cc1c(B(O)O)ccnc1F.Fc1cc(CBr)ccc1Br.O=C(O)C(Cc1ccc(Br)c(F)c1)C(=O)O. The van der Waals surface area contributed by atoms with E-state index in [-0.39, 0.29) is 125 Å². The molecule has 2 fully saturated rings. The van der Waals surface area contributed by atoms with Gasteiger partial charge in [-0.2, -0.15) is 19.0 Å². The molecule has 0 spiro atoms. The monoisotopic (exact) mass is 2320 g/mol. The van der Waals surface area contributed by atoms with E-state index >= 15 is 4.39 Å². The number of hydrogen-bond donors (Lipinski definition) is 6. The lowest BCUT2D eigenvalue weighted by Gasteiger charge is -2.20. The molecule has 0 amide bonds. The van der Waals surface area contributed by atoms with Gasteiger partial charge in [0.25, 0.3) is 11.1 Å². The lowest BCUT2D eigenvalue weighted by atomic mass is 9.78. The van der Waals surface area contributed by atoms with E-state index in [0.29, 0.717) is 94.3 Å². The topological polar surface area (TPSA) is 366 Å². The molecular formula is C106H107BBr5F7N8O18. The summed E-state index contributed by atoms with van der Waals surface area (Å²) >= 11 is 15.5. The Kier molecular flexibility index (Phi) is 44.6. The molecule has 0 atom stereocenters. The Labute approximate surface area is 874 Å². The number of halogens is 12. The van der Waals surface area contributed by atoms with E-state index in [1.807, 2.05) is 90.2 Å². The van der Waals surface area contributed by atoms with Gasteiger partial charge >= 0.3 is 42.9 Å². The van der Waals surface area contributed by atoms with Gasteiger partial charge in [0.15, 0.2) is 11.8 Å². The highest BCUT2D eigenvalue weighted by Crippen LogP contribution is 2.40. The molecule has 766 valence electrons. The molecule has 0 bridgehead atoms. The number of hydrogen-bond acceptors (Lipinski definition) is 20. The third-order valence-corrected chi connectivity index (χ3v) is 26.0. The van der Waals surface area contributed by atoms with Crippen LogP contribution in [0.2, 0.25) is 0 Å². The van der Waals surface area contributed by atoms with E-state index in [2.05, 4.69) is 113 Å². The zero-order chi connectivity index (χ0) is 106. The van der Waals surface area contributed by atoms with E-state index in [9.17, 15) is 74.9 Å². The first-order chi connectivity index (χ1) is 69.2. The van der Waals surface area contributed by atoms with Crippen molar-refractivity contribution in [1.29, 1.82) is 0 Å². The second-order valence-corrected chi connectivity index (χ2v) is 36.9. The number of carbonyl (C=O) groups excluding carboxylic acids is 4. The average Bonchev–Trinajstić information content (AvgIpc) is 1.75. The molecule has 2 aliphatic rings. The quantitative estimate of drug-likeness (QED) is 0.00447. The molecule has 0 radical (unpaired) electrons. The zero-order valence-electron chi connectivity index (χ0n) is 80.7. The van der Waals surface area contributed by atoms with Crippen molar-refractivity contribution in [2.75, 3.05) is 26.4 Å². The fourth-order valence-corrected chi connectivity index (χ4v) is 16.3. The number of esters is 4. The lowest BCUT2D eigenvalue weighted by Crippen LogP contribution is -2.32. The summed E-state index contributed by atoms with van der Waals surface area (Å²) in [5, 5.41) is 67.1. The van der Waals surface area contributed by atoms with Gasteiger partial charge in [0, 0.05) is 71.8 Å². The third kappa shape index (κ3) is 32.0. The molecule has 0 saturated heterocycles. The average molecular weight is 2320 g/mol. The number of carboxylic acids is 2. The van der Waals surface area contributed by atoms with Crippen molar-refractivity contribution in [3.05, 3.63) is 340 Å². The molecule has 15 rings (SSSR count). The van der Waals surface area contributed by atoms with Gasteiger partial charge in [0.1, 0.15) is 58.4 Å². The van der Waals surface area contributed by atoms with Gasteiger partial charge in [-0.25, -0.2) is 31.9 Å². The van der Waals surface area contributed by atoms with Crippen LogP contribution in [0.25, 0.3) is 45.3 Å². The number of benzene rings is 7. The van der Waals surface area contributed by atoms with Crippen molar-refractivity contribution in [1.82, 2.24) is 38.7 Å². The predicted octanol–water partition coefficient (Wildman–Crippen LogP) is 21.4. The maximum atomic E-state index is 15.4. The van der Waals surface area contributed by atoms with Crippen LogP contribution in [0.15, 0.2) is 216 Å². The molecule has 13 aromatic rings. The van der Waals surface area contributed by atoms with Crippen molar-refractivity contribution >= 4 is 128 Å². The highest BCUT2D eigenvalue weighted by atomic mass is 79.9. The van der Waals surface area contributed by atoms with Gasteiger partial charge in [-0.1, -0.05) is 116 Å². The number of alkyl halides is 1. The van der Waals surface area contributed by atoms with Crippen molar-refractivity contribution in [3.8, 4) is 56.8 Å². The van der Waals surface area contributed by atoms with Crippen LogP contribution < -0.4 is 16.6 Å². The van der Waals surface area contributed by atoms with Crippen molar-refractivity contribution in [3.63, 3.8) is 0 Å². The summed E-state index contributed by atoms with van der Waals surface area (Å²) < 4.78 is 123. The first-order valence-corrected chi connectivity index (χ1v) is 50.6. The fourth-order valence-electron chi connectivity index (χ4n) is 15.0. The first-order valence-electron chi connectivity index (χ1n) is 46.3. The summed E-state index contributed by atoms with van der Waals surface area (Å²) in [4.78, 5) is 101. The largest absolute Gasteiger partial charge is 0.507 e. The summed E-state index contributed by atoms with van der Waals surface area (Å²) in [6.45, 7) is 18.8. The Balaban J connectivity index is 0.000000203. The molecule has 0 aliphatic heterocycles. The highest BCUT2D eigenvalue weighted by Gasteiger charge is 2.33. The van der Waals surface area contributed by atoms with E-state index in [1.54, 1.807) is 98.4 Å². The maximum absolute atomic E-state index is 15.4. The molecule has 7 aromatic carbocycles. The van der Waals surface area contributed by atoms with Crippen LogP contribution >= 0.6 is 79.6 Å². The molecule has 39 heteroatoms. The Morgan fingerprint density at radius 3 is 1.14 bits per heavy atom. The van der Waals surface area contributed by atoms with E-state index in [1.165, 1.54) is 67.8 Å². The van der Waals surface area contributed by atoms with E-state index in [0.717, 1.165) is 83.8 Å². The highest BCUT2D eigenvalue weighted by molar-refractivity contribution is 9.11. The van der Waals surface area contributed by atoms with Crippen LogP contribution in [0.5, 0.6) is 11.5 Å². The summed E-state index contributed by atoms with van der Waals surface area (Å²) in [7, 11) is -1.63. The standard InChI is InChI=1S/C34H32F2N4O2.C28H27BrFN3O2.C14H16BrFO4.C10H8BrFO4.C7H5Br2F.C7H12O4.C6H7BFNO2/c1-4-22-7-6-8-23(5-2)32(22)40-30(29-14-16-39(38-29)24-10-11-24)19-31(41)27(34(40)42)17-21-9-12-26(28(35)18-21)25-13-15-37-33(36)20(25)3;1-3-18-6-5-7-19(4-2)27(18)33-25(24-12-13-32(31-24)20-9-10-20)16-26(34)21(28(33)35)14-17-8-11-22(29)23(30)15-17;1-3-19-13(17)10(14(18)20-4-2)7-9-5-6-11(15)12(16)8-9;11-7-2-1-5(4-8(7)12)3-6(9(13)14)10(15)16;8-4-5-1-2-6(9)7(10)3-5;1-3-10-6(8)5-7(9)11-4-2;1-4-5(7(10)11)2-3-9-6(4)8/h6-9,12-16,18-19,24,41H,4-5,10-11,17H2,1-3H3;5-8,11-13,15-16,20,34H,3-4,9-10,14H2,1-2H3;5-6,8,10H,3-4,7H2,1-2H3;1-2,4,6H,3H2,(H,13,14)(H,15,16);1-3H,4H2;3-5H2,1-2H3;2-3,10-11H,1H3. The first kappa shape index (κ1) is 116. The molecule has 6 heterocycles. The smallest absolute Gasteiger partial charge is 0.488 e. The van der Waals surface area contributed by atoms with E-state index in [4.69, 9.17) is 39.9 Å². The molecule has 2 aliphatic carbocycles. The third-order valence-electron chi connectivity index (χ3n) is 22.8. The number of aryl methyl sites for hydroxylation is 4. The number of nitrogens with zero attached hydrogens (tertiary/aromatic N) is 8.